The average molecular weight is 287 g/mol. The van der Waals surface area contributed by atoms with Gasteiger partial charge >= 0.3 is 0 Å². The number of pyridine rings is 1. The Morgan fingerprint density at radius 1 is 1.20 bits per heavy atom. The lowest BCUT2D eigenvalue weighted by atomic mass is 10.3. The number of hydrogen-bond acceptors (Lipinski definition) is 5. The van der Waals surface area contributed by atoms with Crippen molar-refractivity contribution in [3.63, 3.8) is 0 Å². The molecule has 0 radical (unpaired) electrons. The first-order valence-electron chi connectivity index (χ1n) is 6.11. The van der Waals surface area contributed by atoms with Crippen LogP contribution in [0.4, 0.5) is 0 Å². The van der Waals surface area contributed by atoms with Crippen molar-refractivity contribution in [3.8, 4) is 11.5 Å². The van der Waals surface area contributed by atoms with Crippen LogP contribution in [0.2, 0.25) is 0 Å². The Morgan fingerprint density at radius 3 is 2.80 bits per heavy atom. The Labute approximate surface area is 120 Å². The average Bonchev–Trinajstić information content (AvgIpc) is 2.47. The van der Waals surface area contributed by atoms with E-state index in [4.69, 9.17) is 20.6 Å². The number of amidine groups is 1. The number of ether oxygens (including phenoxy) is 2. The summed E-state index contributed by atoms with van der Waals surface area (Å²) < 4.78 is 11.0. The summed E-state index contributed by atoms with van der Waals surface area (Å²) in [6.07, 6.45) is 1.63. The normalized spacial score (nSPS) is 13.0. The van der Waals surface area contributed by atoms with Gasteiger partial charge in [-0.05, 0) is 30.3 Å². The molecule has 2 heterocycles. The third-order valence-corrected chi connectivity index (χ3v) is 3.81. The highest BCUT2D eigenvalue weighted by Gasteiger charge is 2.13. The van der Waals surface area contributed by atoms with E-state index in [2.05, 4.69) is 4.98 Å². The summed E-state index contributed by atoms with van der Waals surface area (Å²) >= 11 is 1.50. The minimum Gasteiger partial charge on any atom is -0.486 e. The maximum absolute atomic E-state index is 7.55. The predicted octanol–water partition coefficient (Wildman–Crippen LogP) is 2.29. The number of nitrogens with zero attached hydrogens (tertiary/aromatic N) is 1. The van der Waals surface area contributed by atoms with Crippen molar-refractivity contribution in [1.82, 2.24) is 4.98 Å². The lowest BCUT2D eigenvalue weighted by Crippen LogP contribution is -2.15. The van der Waals surface area contributed by atoms with Crippen LogP contribution in [0.25, 0.3) is 0 Å². The first-order chi connectivity index (χ1) is 9.74. The summed E-state index contributed by atoms with van der Waals surface area (Å²) in [4.78, 5) is 5.97. The second-order valence-corrected chi connectivity index (χ2v) is 5.29. The van der Waals surface area contributed by atoms with Gasteiger partial charge in [-0.1, -0.05) is 11.8 Å². The largest absolute Gasteiger partial charge is 0.486 e. The number of rotatable bonds is 3. The smallest absolute Gasteiger partial charge is 0.162 e. The molecule has 0 saturated carbocycles. The summed E-state index contributed by atoms with van der Waals surface area (Å²) in [5.41, 5.74) is 6.03. The highest BCUT2D eigenvalue weighted by molar-refractivity contribution is 7.99. The van der Waals surface area contributed by atoms with Gasteiger partial charge in [0.25, 0.3) is 0 Å². The fourth-order valence-electron chi connectivity index (χ4n) is 1.89. The van der Waals surface area contributed by atoms with E-state index in [9.17, 15) is 0 Å². The van der Waals surface area contributed by atoms with Crippen molar-refractivity contribution in [3.05, 3.63) is 42.2 Å². The van der Waals surface area contributed by atoms with E-state index in [1.165, 1.54) is 11.8 Å². The van der Waals surface area contributed by atoms with Crippen LogP contribution < -0.4 is 15.2 Å². The number of fused-ring (bicyclic) bond motifs is 1. The van der Waals surface area contributed by atoms with Crippen LogP contribution >= 0.6 is 11.8 Å². The molecular weight excluding hydrogens is 274 g/mol. The number of benzene rings is 1. The zero-order chi connectivity index (χ0) is 13.9. The molecule has 1 aliphatic heterocycles. The summed E-state index contributed by atoms with van der Waals surface area (Å²) in [6, 6.07) is 9.49. The lowest BCUT2D eigenvalue weighted by molar-refractivity contribution is 0.171. The van der Waals surface area contributed by atoms with Gasteiger partial charge in [0.2, 0.25) is 0 Å². The summed E-state index contributed by atoms with van der Waals surface area (Å²) in [5, 5.41) is 7.55. The van der Waals surface area contributed by atoms with Gasteiger partial charge in [0, 0.05) is 16.0 Å². The van der Waals surface area contributed by atoms with Crippen LogP contribution in [-0.4, -0.2) is 24.0 Å². The van der Waals surface area contributed by atoms with Crippen molar-refractivity contribution in [1.29, 1.82) is 5.41 Å². The number of nitrogens with one attached hydrogen (secondary N) is 1. The molecule has 1 aromatic heterocycles. The van der Waals surface area contributed by atoms with Gasteiger partial charge in [-0.15, -0.1) is 0 Å². The summed E-state index contributed by atoms with van der Waals surface area (Å²) in [7, 11) is 0. The highest BCUT2D eigenvalue weighted by Crippen LogP contribution is 2.37. The molecule has 5 nitrogen and oxygen atoms in total. The molecule has 6 heteroatoms. The fourth-order valence-corrected chi connectivity index (χ4v) is 2.85. The van der Waals surface area contributed by atoms with E-state index >= 15 is 0 Å². The Hall–Kier alpha value is -2.21. The molecule has 102 valence electrons. The number of hydrogen-bond donors (Lipinski definition) is 2. The van der Waals surface area contributed by atoms with E-state index in [0.717, 1.165) is 21.3 Å². The molecular formula is C14H13N3O2S. The molecule has 1 aromatic carbocycles. The fraction of sp³-hybridized carbons (Fsp3) is 0.143. The van der Waals surface area contributed by atoms with Gasteiger partial charge in [0.05, 0.1) is 0 Å². The maximum atomic E-state index is 7.55. The quantitative estimate of drug-likeness (QED) is 0.668. The lowest BCUT2D eigenvalue weighted by Gasteiger charge is -2.18. The number of nitrogens with two attached hydrogens (primary N) is 1. The Morgan fingerprint density at radius 2 is 2.00 bits per heavy atom. The monoisotopic (exact) mass is 287 g/mol. The minimum atomic E-state index is -0.0364. The number of aromatic nitrogens is 1. The molecule has 0 atom stereocenters. The molecule has 1 aliphatic rings. The van der Waals surface area contributed by atoms with E-state index in [-0.39, 0.29) is 5.84 Å². The topological polar surface area (TPSA) is 81.2 Å². The molecule has 0 bridgehead atoms. The van der Waals surface area contributed by atoms with Gasteiger partial charge in [-0.2, -0.15) is 0 Å². The van der Waals surface area contributed by atoms with Gasteiger partial charge in [-0.25, -0.2) is 0 Å². The van der Waals surface area contributed by atoms with Crippen LogP contribution in [-0.2, 0) is 0 Å². The molecule has 2 aromatic rings. The van der Waals surface area contributed by atoms with E-state index in [1.54, 1.807) is 6.20 Å². The molecule has 3 N–H and O–H groups in total. The second-order valence-electron chi connectivity index (χ2n) is 4.17. The molecule has 20 heavy (non-hydrogen) atoms. The zero-order valence-electron chi connectivity index (χ0n) is 10.6. The van der Waals surface area contributed by atoms with Gasteiger partial charge < -0.3 is 15.2 Å². The minimum absolute atomic E-state index is 0.0364. The van der Waals surface area contributed by atoms with Crippen LogP contribution in [0.3, 0.4) is 0 Å². The van der Waals surface area contributed by atoms with Gasteiger partial charge in [0.15, 0.2) is 11.5 Å². The van der Waals surface area contributed by atoms with Crippen molar-refractivity contribution < 1.29 is 9.47 Å². The van der Waals surface area contributed by atoms with Gasteiger partial charge in [0.1, 0.15) is 24.7 Å². The summed E-state index contributed by atoms with van der Waals surface area (Å²) in [5.74, 6) is 1.47. The van der Waals surface area contributed by atoms with Crippen molar-refractivity contribution in [2.45, 2.75) is 9.79 Å². The van der Waals surface area contributed by atoms with Crippen LogP contribution in [0.1, 0.15) is 5.69 Å². The molecule has 0 unspecified atom stereocenters. The van der Waals surface area contributed by atoms with Crippen LogP contribution in [0, 0.1) is 5.41 Å². The number of nitrogen functional groups attached to an aromatic ring is 1. The first-order valence-corrected chi connectivity index (χ1v) is 6.92. The zero-order valence-corrected chi connectivity index (χ0v) is 11.4. The Bertz CT molecular complexity index is 661. The Balaban J connectivity index is 1.90. The summed E-state index contributed by atoms with van der Waals surface area (Å²) in [6.45, 7) is 1.14. The van der Waals surface area contributed by atoms with Crippen molar-refractivity contribution in [2.75, 3.05) is 13.2 Å². The molecule has 0 spiro atoms. The first kappa shape index (κ1) is 12.8. The van der Waals surface area contributed by atoms with E-state index < -0.39 is 0 Å². The molecule has 0 fully saturated rings. The Kier molecular flexibility index (Phi) is 3.47. The van der Waals surface area contributed by atoms with Crippen molar-refractivity contribution >= 4 is 17.6 Å². The SMILES string of the molecule is N=C(N)c1ncccc1Sc1ccc2c(c1)OCCO2. The van der Waals surface area contributed by atoms with E-state index in [1.807, 2.05) is 30.3 Å². The van der Waals surface area contributed by atoms with Crippen LogP contribution in [0.5, 0.6) is 11.5 Å². The van der Waals surface area contributed by atoms with Crippen molar-refractivity contribution in [2.24, 2.45) is 5.73 Å². The third-order valence-electron chi connectivity index (χ3n) is 2.77. The molecule has 3 rings (SSSR count). The maximum Gasteiger partial charge on any atom is 0.162 e. The predicted molar refractivity (Wildman–Crippen MR) is 76.8 cm³/mol. The molecule has 0 aliphatic carbocycles. The third kappa shape index (κ3) is 2.55. The van der Waals surface area contributed by atoms with Gasteiger partial charge in [-0.3, -0.25) is 10.4 Å². The second kappa shape index (κ2) is 5.42. The highest BCUT2D eigenvalue weighted by atomic mass is 32.2. The van der Waals surface area contributed by atoms with Crippen LogP contribution in [0.15, 0.2) is 46.3 Å². The van der Waals surface area contributed by atoms with E-state index in [0.29, 0.717) is 18.9 Å². The standard InChI is InChI=1S/C14H13N3O2S/c15-14(16)13-12(2-1-5-17-13)20-9-3-4-10-11(8-9)19-7-6-18-10/h1-5,8H,6-7H2,(H3,15,16). The molecule has 0 saturated heterocycles. The molecule has 0 amide bonds.